The third kappa shape index (κ3) is 3.76. The minimum Gasteiger partial charge on any atom is -0.507 e. The first-order chi connectivity index (χ1) is 12.0. The molecule has 3 aromatic carbocycles. The summed E-state index contributed by atoms with van der Waals surface area (Å²) < 4.78 is 0. The van der Waals surface area contributed by atoms with Gasteiger partial charge in [-0.1, -0.05) is 47.5 Å². The first-order valence-corrected chi connectivity index (χ1v) is 8.23. The molecule has 0 radical (unpaired) electrons. The van der Waals surface area contributed by atoms with E-state index in [1.54, 1.807) is 37.3 Å². The lowest BCUT2D eigenvalue weighted by Crippen LogP contribution is -2.19. The number of carbonyl (C=O) groups is 1. The van der Waals surface area contributed by atoms with Gasteiger partial charge in [-0.05, 0) is 48.0 Å². The third-order valence-electron chi connectivity index (χ3n) is 3.75. The number of hydrogen-bond acceptors (Lipinski definition) is 3. The minimum absolute atomic E-state index is 0.107. The Morgan fingerprint density at radius 2 is 1.68 bits per heavy atom. The van der Waals surface area contributed by atoms with E-state index in [0.717, 1.165) is 10.8 Å². The average molecular weight is 373 g/mol. The van der Waals surface area contributed by atoms with E-state index >= 15 is 0 Å². The fourth-order valence-corrected chi connectivity index (χ4v) is 2.87. The summed E-state index contributed by atoms with van der Waals surface area (Å²) in [6, 6.07) is 15.6. The molecule has 0 spiro atoms. The number of phenols is 1. The van der Waals surface area contributed by atoms with Gasteiger partial charge in [-0.3, -0.25) is 4.79 Å². The molecule has 3 aromatic rings. The summed E-state index contributed by atoms with van der Waals surface area (Å²) in [5.41, 5.74) is 3.71. The van der Waals surface area contributed by atoms with Crippen LogP contribution in [-0.4, -0.2) is 16.7 Å². The van der Waals surface area contributed by atoms with Crippen LogP contribution >= 0.6 is 23.2 Å². The molecular weight excluding hydrogens is 359 g/mol. The van der Waals surface area contributed by atoms with Crippen LogP contribution in [0.4, 0.5) is 0 Å². The second kappa shape index (κ2) is 7.13. The number of halogens is 2. The highest BCUT2D eigenvalue weighted by Gasteiger charge is 2.13. The Labute approximate surface area is 154 Å². The van der Waals surface area contributed by atoms with Crippen molar-refractivity contribution in [2.45, 2.75) is 6.92 Å². The van der Waals surface area contributed by atoms with Crippen molar-refractivity contribution in [3.05, 3.63) is 75.8 Å². The highest BCUT2D eigenvalue weighted by atomic mass is 35.5. The van der Waals surface area contributed by atoms with Crippen molar-refractivity contribution in [3.63, 3.8) is 0 Å². The van der Waals surface area contributed by atoms with Crippen LogP contribution in [0, 0.1) is 0 Å². The predicted octanol–water partition coefficient (Wildman–Crippen LogP) is 5.01. The second-order valence-corrected chi connectivity index (χ2v) is 6.32. The van der Waals surface area contributed by atoms with Crippen molar-refractivity contribution in [3.8, 4) is 5.75 Å². The molecule has 0 saturated heterocycles. The number of carbonyl (C=O) groups excluding carboxylic acids is 1. The van der Waals surface area contributed by atoms with E-state index in [9.17, 15) is 9.90 Å². The van der Waals surface area contributed by atoms with E-state index < -0.39 is 5.91 Å². The molecule has 0 aliphatic heterocycles. The van der Waals surface area contributed by atoms with E-state index in [2.05, 4.69) is 10.5 Å². The van der Waals surface area contributed by atoms with Crippen LogP contribution in [0.1, 0.15) is 22.8 Å². The van der Waals surface area contributed by atoms with Gasteiger partial charge in [0.15, 0.2) is 0 Å². The number of hydrazone groups is 1. The first-order valence-electron chi connectivity index (χ1n) is 7.47. The number of fused-ring (bicyclic) bond motifs is 1. The molecule has 0 heterocycles. The quantitative estimate of drug-likeness (QED) is 0.501. The second-order valence-electron chi connectivity index (χ2n) is 5.48. The molecule has 0 bridgehead atoms. The smallest absolute Gasteiger partial charge is 0.275 e. The van der Waals surface area contributed by atoms with Gasteiger partial charge in [-0.2, -0.15) is 5.10 Å². The van der Waals surface area contributed by atoms with Crippen molar-refractivity contribution in [1.82, 2.24) is 5.43 Å². The first kappa shape index (κ1) is 17.3. The van der Waals surface area contributed by atoms with Crippen LogP contribution in [0.2, 0.25) is 10.0 Å². The van der Waals surface area contributed by atoms with Gasteiger partial charge in [-0.25, -0.2) is 5.43 Å². The Balaban J connectivity index is 1.87. The van der Waals surface area contributed by atoms with Crippen LogP contribution in [0.5, 0.6) is 5.75 Å². The topological polar surface area (TPSA) is 61.7 Å². The van der Waals surface area contributed by atoms with Gasteiger partial charge >= 0.3 is 0 Å². The van der Waals surface area contributed by atoms with E-state index in [1.165, 1.54) is 0 Å². The zero-order valence-electron chi connectivity index (χ0n) is 13.3. The van der Waals surface area contributed by atoms with Gasteiger partial charge in [-0.15, -0.1) is 0 Å². The molecule has 3 rings (SSSR count). The van der Waals surface area contributed by atoms with Crippen molar-refractivity contribution >= 4 is 45.6 Å². The molecular formula is C19H14Cl2N2O2. The fraction of sp³-hybridized carbons (Fsp3) is 0.0526. The molecule has 1 amide bonds. The fourth-order valence-electron chi connectivity index (χ4n) is 2.44. The number of rotatable bonds is 3. The number of benzene rings is 3. The molecule has 0 aliphatic rings. The highest BCUT2D eigenvalue weighted by molar-refractivity contribution is 6.36. The standard InChI is InChI=1S/C19H14Cl2N2O2/c1-11(15-10-14(20)6-7-17(15)21)22-23-19(25)16-8-12-4-2-3-5-13(12)9-18(16)24/h2-10,24H,1H3,(H,23,25). The summed E-state index contributed by atoms with van der Waals surface area (Å²) in [7, 11) is 0. The monoisotopic (exact) mass is 372 g/mol. The lowest BCUT2D eigenvalue weighted by molar-refractivity contribution is 0.0952. The Morgan fingerprint density at radius 1 is 1.00 bits per heavy atom. The molecule has 0 aliphatic carbocycles. The molecule has 126 valence electrons. The number of hydrogen-bond donors (Lipinski definition) is 2. The molecule has 0 fully saturated rings. The number of phenolic OH excluding ortho intramolecular Hbond substituents is 1. The maximum Gasteiger partial charge on any atom is 0.275 e. The van der Waals surface area contributed by atoms with Crippen molar-refractivity contribution in [1.29, 1.82) is 0 Å². The van der Waals surface area contributed by atoms with Gasteiger partial charge in [0.05, 0.1) is 11.3 Å². The van der Waals surface area contributed by atoms with Crippen LogP contribution in [0.25, 0.3) is 10.8 Å². The van der Waals surface area contributed by atoms with Crippen molar-refractivity contribution in [2.24, 2.45) is 5.10 Å². The Hall–Kier alpha value is -2.56. The van der Waals surface area contributed by atoms with Gasteiger partial charge in [0, 0.05) is 15.6 Å². The van der Waals surface area contributed by atoms with Gasteiger partial charge < -0.3 is 5.11 Å². The number of nitrogens with one attached hydrogen (secondary N) is 1. The maximum atomic E-state index is 12.4. The SMILES string of the molecule is CC(=NNC(=O)c1cc2ccccc2cc1O)c1cc(Cl)ccc1Cl. The largest absolute Gasteiger partial charge is 0.507 e. The number of aromatic hydroxyl groups is 1. The summed E-state index contributed by atoms with van der Waals surface area (Å²) in [6.07, 6.45) is 0. The number of nitrogens with zero attached hydrogens (tertiary/aromatic N) is 1. The summed E-state index contributed by atoms with van der Waals surface area (Å²) in [6.45, 7) is 1.71. The van der Waals surface area contributed by atoms with Crippen molar-refractivity contribution in [2.75, 3.05) is 0 Å². The van der Waals surface area contributed by atoms with E-state index in [4.69, 9.17) is 23.2 Å². The molecule has 4 nitrogen and oxygen atoms in total. The Kier molecular flexibility index (Phi) is 4.93. The molecule has 0 aromatic heterocycles. The molecule has 0 unspecified atom stereocenters. The predicted molar refractivity (Wildman–Crippen MR) is 102 cm³/mol. The lowest BCUT2D eigenvalue weighted by Gasteiger charge is -2.08. The molecule has 0 saturated carbocycles. The summed E-state index contributed by atoms with van der Waals surface area (Å²) in [5, 5.41) is 16.9. The third-order valence-corrected chi connectivity index (χ3v) is 4.32. The van der Waals surface area contributed by atoms with Crippen LogP contribution in [0.15, 0.2) is 59.7 Å². The maximum absolute atomic E-state index is 12.4. The van der Waals surface area contributed by atoms with E-state index in [1.807, 2.05) is 24.3 Å². The Morgan fingerprint density at radius 3 is 2.40 bits per heavy atom. The summed E-state index contributed by atoms with van der Waals surface area (Å²) in [5.74, 6) is -0.620. The minimum atomic E-state index is -0.513. The number of amides is 1. The van der Waals surface area contributed by atoms with Gasteiger partial charge in [0.1, 0.15) is 5.75 Å². The zero-order chi connectivity index (χ0) is 18.0. The van der Waals surface area contributed by atoms with Crippen LogP contribution in [0.3, 0.4) is 0 Å². The molecule has 6 heteroatoms. The molecule has 25 heavy (non-hydrogen) atoms. The average Bonchev–Trinajstić information content (AvgIpc) is 2.60. The molecule has 0 atom stereocenters. The summed E-state index contributed by atoms with van der Waals surface area (Å²) in [4.78, 5) is 12.4. The van der Waals surface area contributed by atoms with E-state index in [-0.39, 0.29) is 11.3 Å². The normalized spacial score (nSPS) is 11.6. The highest BCUT2D eigenvalue weighted by Crippen LogP contribution is 2.25. The van der Waals surface area contributed by atoms with Crippen molar-refractivity contribution < 1.29 is 9.90 Å². The van der Waals surface area contributed by atoms with Gasteiger partial charge in [0.25, 0.3) is 5.91 Å². The zero-order valence-corrected chi connectivity index (χ0v) is 14.8. The van der Waals surface area contributed by atoms with Crippen LogP contribution < -0.4 is 5.43 Å². The molecule has 2 N–H and O–H groups in total. The Bertz CT molecular complexity index is 1000. The van der Waals surface area contributed by atoms with Crippen LogP contribution in [-0.2, 0) is 0 Å². The summed E-state index contributed by atoms with van der Waals surface area (Å²) >= 11 is 12.1. The lowest BCUT2D eigenvalue weighted by atomic mass is 10.1. The van der Waals surface area contributed by atoms with Gasteiger partial charge in [0.2, 0.25) is 0 Å². The van der Waals surface area contributed by atoms with E-state index in [0.29, 0.717) is 21.3 Å².